The fourth-order valence-corrected chi connectivity index (χ4v) is 3.41. The molecule has 27 heavy (non-hydrogen) atoms. The molecule has 7 nitrogen and oxygen atoms in total. The van der Waals surface area contributed by atoms with E-state index in [2.05, 4.69) is 9.97 Å². The minimum absolute atomic E-state index is 0. The molecule has 0 saturated carbocycles. The predicted molar refractivity (Wildman–Crippen MR) is 102 cm³/mol. The van der Waals surface area contributed by atoms with Gasteiger partial charge >= 0.3 is 5.97 Å². The van der Waals surface area contributed by atoms with Gasteiger partial charge in [-0.25, -0.2) is 14.8 Å². The van der Waals surface area contributed by atoms with Crippen molar-refractivity contribution in [3.8, 4) is 11.5 Å². The topological polar surface area (TPSA) is 84.8 Å². The number of benzene rings is 2. The Morgan fingerprint density at radius 3 is 2.56 bits per heavy atom. The van der Waals surface area contributed by atoms with Crippen LogP contribution in [-0.2, 0) is 11.2 Å². The van der Waals surface area contributed by atoms with Gasteiger partial charge in [-0.05, 0) is 17.7 Å². The smallest absolute Gasteiger partial charge is 0.327 e. The number of aromatic nitrogens is 2. The Labute approximate surface area is 168 Å². The van der Waals surface area contributed by atoms with E-state index in [1.54, 1.807) is 31.3 Å². The quantitative estimate of drug-likeness (QED) is 0.717. The van der Waals surface area contributed by atoms with Gasteiger partial charge in [0.1, 0.15) is 18.2 Å². The summed E-state index contributed by atoms with van der Waals surface area (Å²) in [7, 11) is 3.11. The summed E-state index contributed by atoms with van der Waals surface area (Å²) < 4.78 is 10.7. The number of nitrogens with zero attached hydrogens (tertiary/aromatic N) is 3. The Bertz CT molecular complexity index is 1010. The molecule has 1 aromatic heterocycles. The van der Waals surface area contributed by atoms with Crippen LogP contribution in [0, 0.1) is 0 Å². The number of fused-ring (bicyclic) bond motifs is 2. The van der Waals surface area contributed by atoms with Crippen molar-refractivity contribution in [1.29, 1.82) is 0 Å². The van der Waals surface area contributed by atoms with Gasteiger partial charge in [-0.1, -0.05) is 18.2 Å². The Balaban J connectivity index is 0.00000210. The zero-order valence-corrected chi connectivity index (χ0v) is 15.3. The zero-order valence-electron chi connectivity index (χ0n) is 15.3. The third-order valence-electron chi connectivity index (χ3n) is 4.61. The second-order valence-electron chi connectivity index (χ2n) is 5.98. The number of aliphatic carboxylic acids is 1. The molecule has 3 aromatic rings. The molecule has 0 fully saturated rings. The summed E-state index contributed by atoms with van der Waals surface area (Å²) in [4.78, 5) is 22.4. The van der Waals surface area contributed by atoms with Gasteiger partial charge in [0.05, 0.1) is 19.7 Å². The minimum atomic E-state index is -0.895. The van der Waals surface area contributed by atoms with E-state index in [9.17, 15) is 9.90 Å². The minimum Gasteiger partial charge on any atom is -0.493 e. The van der Waals surface area contributed by atoms with Crippen LogP contribution >= 0.6 is 0 Å². The van der Waals surface area contributed by atoms with Crippen molar-refractivity contribution in [1.82, 2.24) is 9.97 Å². The molecule has 1 N–H and O–H groups in total. The molecule has 0 amide bonds. The fourth-order valence-electron chi connectivity index (χ4n) is 3.41. The summed E-state index contributed by atoms with van der Waals surface area (Å²) in [5.74, 6) is 0.735. The Morgan fingerprint density at radius 1 is 1.15 bits per heavy atom. The maximum atomic E-state index is 11.9. The largest absolute Gasteiger partial charge is 0.493 e. The predicted octanol–water partition coefficient (Wildman–Crippen LogP) is 2.41. The van der Waals surface area contributed by atoms with Crippen LogP contribution in [0.3, 0.4) is 0 Å². The average Bonchev–Trinajstić information content (AvgIpc) is 3.06. The molecular formula is C19H17LiN3O4. The SMILES string of the molecule is COc1cc2ncnc(N3c4ccccc4CC3C(=O)O)c2cc1OC.[Li]. The Hall–Kier alpha value is -2.75. The van der Waals surface area contributed by atoms with Crippen LogP contribution in [0.2, 0.25) is 0 Å². The maximum absolute atomic E-state index is 11.9. The Kier molecular flexibility index (Phi) is 5.26. The van der Waals surface area contributed by atoms with E-state index in [0.29, 0.717) is 34.6 Å². The van der Waals surface area contributed by atoms with Crippen LogP contribution in [0.4, 0.5) is 11.5 Å². The van der Waals surface area contributed by atoms with Crippen LogP contribution in [0.25, 0.3) is 10.9 Å². The summed E-state index contributed by atoms with van der Waals surface area (Å²) in [6.07, 6.45) is 1.85. The van der Waals surface area contributed by atoms with Crippen molar-refractivity contribution >= 4 is 47.2 Å². The third kappa shape index (κ3) is 3.09. The molecule has 133 valence electrons. The summed E-state index contributed by atoms with van der Waals surface area (Å²) >= 11 is 0. The molecule has 1 aliphatic heterocycles. The molecule has 1 unspecified atom stereocenters. The van der Waals surface area contributed by atoms with Gasteiger partial charge in [-0.2, -0.15) is 0 Å². The number of carbonyl (C=O) groups is 1. The average molecular weight is 358 g/mol. The molecular weight excluding hydrogens is 341 g/mol. The monoisotopic (exact) mass is 358 g/mol. The van der Waals surface area contributed by atoms with E-state index in [-0.39, 0.29) is 18.9 Å². The summed E-state index contributed by atoms with van der Waals surface area (Å²) in [6.45, 7) is 0. The van der Waals surface area contributed by atoms with E-state index in [1.165, 1.54) is 6.33 Å². The first-order valence-corrected chi connectivity index (χ1v) is 8.10. The third-order valence-corrected chi connectivity index (χ3v) is 4.61. The van der Waals surface area contributed by atoms with Crippen LogP contribution in [0.15, 0.2) is 42.7 Å². The van der Waals surface area contributed by atoms with Crippen LogP contribution in [0.1, 0.15) is 5.56 Å². The van der Waals surface area contributed by atoms with Gasteiger partial charge in [-0.3, -0.25) is 0 Å². The molecule has 0 aliphatic carbocycles. The first-order chi connectivity index (χ1) is 12.6. The number of para-hydroxylation sites is 1. The van der Waals surface area contributed by atoms with Gasteiger partial charge in [0.2, 0.25) is 0 Å². The van der Waals surface area contributed by atoms with E-state index in [4.69, 9.17) is 9.47 Å². The van der Waals surface area contributed by atoms with E-state index >= 15 is 0 Å². The molecule has 2 aromatic carbocycles. The van der Waals surface area contributed by atoms with Crippen molar-refractivity contribution < 1.29 is 19.4 Å². The van der Waals surface area contributed by atoms with Crippen LogP contribution in [-0.4, -0.2) is 60.2 Å². The standard InChI is InChI=1S/C19H17N3O4.Li/c1-25-16-8-12-13(9-17(16)26-2)20-10-21-18(12)22-14-6-4-3-5-11(14)7-15(22)19(23)24;/h3-6,8-10,15H,7H2,1-2H3,(H,23,24);. The van der Waals surface area contributed by atoms with Crippen LogP contribution in [0.5, 0.6) is 11.5 Å². The molecule has 4 rings (SSSR count). The number of ether oxygens (including phenoxy) is 2. The van der Waals surface area contributed by atoms with Crippen molar-refractivity contribution in [2.45, 2.75) is 12.5 Å². The molecule has 1 atom stereocenters. The molecule has 2 heterocycles. The first-order valence-electron chi connectivity index (χ1n) is 8.10. The molecule has 8 heteroatoms. The second-order valence-corrected chi connectivity index (χ2v) is 5.98. The summed E-state index contributed by atoms with van der Waals surface area (Å²) in [6, 6.07) is 10.5. The van der Waals surface area contributed by atoms with Gasteiger partial charge in [-0.15, -0.1) is 0 Å². The maximum Gasteiger partial charge on any atom is 0.327 e. The van der Waals surface area contributed by atoms with Crippen molar-refractivity contribution in [2.75, 3.05) is 19.1 Å². The summed E-state index contributed by atoms with van der Waals surface area (Å²) in [5.41, 5.74) is 2.47. The van der Waals surface area contributed by atoms with Crippen molar-refractivity contribution in [3.05, 3.63) is 48.3 Å². The zero-order chi connectivity index (χ0) is 18.3. The number of anilines is 2. The normalized spacial score (nSPS) is 15.2. The number of rotatable bonds is 4. The van der Waals surface area contributed by atoms with Gasteiger partial charge in [0.15, 0.2) is 11.5 Å². The number of carboxylic acid groups (broad SMARTS) is 1. The molecule has 1 radical (unpaired) electrons. The number of hydrogen-bond donors (Lipinski definition) is 1. The molecule has 0 spiro atoms. The molecule has 1 aliphatic rings. The van der Waals surface area contributed by atoms with E-state index in [1.807, 2.05) is 24.3 Å². The first kappa shape index (κ1) is 19.0. The van der Waals surface area contributed by atoms with Gasteiger partial charge in [0.25, 0.3) is 0 Å². The Morgan fingerprint density at radius 2 is 1.85 bits per heavy atom. The summed E-state index contributed by atoms with van der Waals surface area (Å²) in [5, 5.41) is 10.4. The van der Waals surface area contributed by atoms with Crippen LogP contribution < -0.4 is 14.4 Å². The van der Waals surface area contributed by atoms with E-state index < -0.39 is 12.0 Å². The van der Waals surface area contributed by atoms with Gasteiger partial charge < -0.3 is 19.5 Å². The number of carboxylic acids is 1. The van der Waals surface area contributed by atoms with Crippen molar-refractivity contribution in [2.24, 2.45) is 0 Å². The van der Waals surface area contributed by atoms with Crippen molar-refractivity contribution in [3.63, 3.8) is 0 Å². The fraction of sp³-hybridized carbons (Fsp3) is 0.211. The molecule has 0 saturated heterocycles. The van der Waals surface area contributed by atoms with Gasteiger partial charge in [0, 0.05) is 42.4 Å². The van der Waals surface area contributed by atoms with E-state index in [0.717, 1.165) is 11.3 Å². The second kappa shape index (κ2) is 7.47. The number of methoxy groups -OCH3 is 2. The molecule has 0 bridgehead atoms. The number of hydrogen-bond acceptors (Lipinski definition) is 6.